The van der Waals surface area contributed by atoms with E-state index >= 15 is 0 Å². The predicted molar refractivity (Wildman–Crippen MR) is 94.6 cm³/mol. The summed E-state index contributed by atoms with van der Waals surface area (Å²) in [6, 6.07) is 8.61. The number of anilines is 1. The lowest BCUT2D eigenvalue weighted by Crippen LogP contribution is -2.23. The molecule has 2 aromatic heterocycles. The number of aromatic nitrogens is 1. The van der Waals surface area contributed by atoms with Crippen LogP contribution in [0.3, 0.4) is 0 Å². The number of aromatic carboxylic acids is 1. The van der Waals surface area contributed by atoms with Crippen LogP contribution in [0.2, 0.25) is 0 Å². The van der Waals surface area contributed by atoms with E-state index in [9.17, 15) is 24.6 Å². The molecule has 1 aromatic carbocycles. The molecule has 0 bridgehead atoms. The Hall–Kier alpha value is -3.13. The molecule has 0 saturated heterocycles. The Bertz CT molecular complexity index is 1050. The normalized spacial score (nSPS) is 10.8. The molecule has 25 heavy (non-hydrogen) atoms. The fraction of sp³-hybridized carbons (Fsp3) is 0.118. The lowest BCUT2D eigenvalue weighted by molar-refractivity contribution is -0.114. The first-order chi connectivity index (χ1) is 11.9. The third-order valence-corrected chi connectivity index (χ3v) is 4.64. The summed E-state index contributed by atoms with van der Waals surface area (Å²) in [7, 11) is 0. The summed E-state index contributed by atoms with van der Waals surface area (Å²) in [4.78, 5) is 35.2. The largest absolute Gasteiger partial charge is 0.502 e. The highest BCUT2D eigenvalue weighted by molar-refractivity contribution is 7.17. The van der Waals surface area contributed by atoms with Gasteiger partial charge in [-0.25, -0.2) is 4.79 Å². The zero-order valence-electron chi connectivity index (χ0n) is 13.1. The van der Waals surface area contributed by atoms with Gasteiger partial charge >= 0.3 is 5.97 Å². The van der Waals surface area contributed by atoms with E-state index in [-0.39, 0.29) is 18.0 Å². The van der Waals surface area contributed by atoms with Gasteiger partial charge in [-0.05, 0) is 23.1 Å². The smallest absolute Gasteiger partial charge is 0.341 e. The van der Waals surface area contributed by atoms with Crippen LogP contribution in [0.15, 0.2) is 40.5 Å². The van der Waals surface area contributed by atoms with Gasteiger partial charge in [-0.2, -0.15) is 0 Å². The molecule has 3 rings (SSSR count). The molecule has 0 atom stereocenters. The molecule has 0 saturated carbocycles. The quantitative estimate of drug-likeness (QED) is 0.664. The molecule has 0 fully saturated rings. The van der Waals surface area contributed by atoms with Gasteiger partial charge in [-0.3, -0.25) is 14.2 Å². The topological polar surface area (TPSA) is 109 Å². The maximum Gasteiger partial charge on any atom is 0.341 e. The Kier molecular flexibility index (Phi) is 4.28. The molecule has 0 unspecified atom stereocenters. The second kappa shape index (κ2) is 6.40. The molecule has 0 aliphatic rings. The predicted octanol–water partition coefficient (Wildman–Crippen LogP) is 2.47. The number of carboxylic acid groups (broad SMARTS) is 1. The van der Waals surface area contributed by atoms with Crippen molar-refractivity contribution in [1.29, 1.82) is 0 Å². The number of carboxylic acids is 1. The maximum absolute atomic E-state index is 12.5. The standard InChI is InChI=1S/C17H14N2O5S/c1-9(20)18-11-5-3-2-4-10(11)8-19-12-6-7-25-15(12)13(17(23)24)14(21)16(19)22/h2-7,21H,8H2,1H3,(H,18,20)(H,23,24). The van der Waals surface area contributed by atoms with Gasteiger partial charge in [0.1, 0.15) is 5.56 Å². The molecular weight excluding hydrogens is 344 g/mol. The van der Waals surface area contributed by atoms with E-state index in [0.29, 0.717) is 21.5 Å². The number of thiophene rings is 1. The summed E-state index contributed by atoms with van der Waals surface area (Å²) in [5.41, 5.74) is 0.451. The fourth-order valence-electron chi connectivity index (χ4n) is 2.65. The minimum absolute atomic E-state index is 0.0793. The lowest BCUT2D eigenvalue weighted by atomic mass is 10.1. The third kappa shape index (κ3) is 2.99. The van der Waals surface area contributed by atoms with Gasteiger partial charge in [0.2, 0.25) is 5.91 Å². The Morgan fingerprint density at radius 1 is 1.24 bits per heavy atom. The Balaban J connectivity index is 2.19. The van der Waals surface area contributed by atoms with Gasteiger partial charge in [-0.15, -0.1) is 11.3 Å². The van der Waals surface area contributed by atoms with Crippen molar-refractivity contribution >= 4 is 39.1 Å². The van der Waals surface area contributed by atoms with Crippen LogP contribution >= 0.6 is 11.3 Å². The number of para-hydroxylation sites is 1. The number of benzene rings is 1. The number of fused-ring (bicyclic) bond motifs is 1. The van der Waals surface area contributed by atoms with E-state index in [1.807, 2.05) is 0 Å². The number of aromatic hydroxyl groups is 1. The molecule has 128 valence electrons. The first-order valence-electron chi connectivity index (χ1n) is 7.32. The molecule has 3 aromatic rings. The van der Waals surface area contributed by atoms with Crippen LogP contribution in [-0.2, 0) is 11.3 Å². The van der Waals surface area contributed by atoms with Gasteiger partial charge < -0.3 is 15.5 Å². The molecule has 0 radical (unpaired) electrons. The van der Waals surface area contributed by atoms with Crippen molar-refractivity contribution in [2.24, 2.45) is 0 Å². The van der Waals surface area contributed by atoms with Crippen LogP contribution in [0.1, 0.15) is 22.8 Å². The number of nitrogens with one attached hydrogen (secondary N) is 1. The van der Waals surface area contributed by atoms with Crippen LogP contribution in [0, 0.1) is 0 Å². The number of carbonyl (C=O) groups is 2. The first-order valence-corrected chi connectivity index (χ1v) is 8.20. The fourth-order valence-corrected chi connectivity index (χ4v) is 3.58. The van der Waals surface area contributed by atoms with Crippen LogP contribution in [0.25, 0.3) is 10.2 Å². The van der Waals surface area contributed by atoms with Crippen LogP contribution in [0.5, 0.6) is 5.75 Å². The molecule has 0 aliphatic carbocycles. The zero-order chi connectivity index (χ0) is 18.1. The highest BCUT2D eigenvalue weighted by Gasteiger charge is 2.22. The minimum Gasteiger partial charge on any atom is -0.502 e. The van der Waals surface area contributed by atoms with Crippen molar-refractivity contribution in [1.82, 2.24) is 4.57 Å². The zero-order valence-corrected chi connectivity index (χ0v) is 14.0. The van der Waals surface area contributed by atoms with Gasteiger partial charge in [-0.1, -0.05) is 18.2 Å². The van der Waals surface area contributed by atoms with E-state index in [0.717, 1.165) is 11.3 Å². The highest BCUT2D eigenvalue weighted by atomic mass is 32.1. The molecular formula is C17H14N2O5S. The van der Waals surface area contributed by atoms with E-state index in [2.05, 4.69) is 5.32 Å². The van der Waals surface area contributed by atoms with E-state index in [1.165, 1.54) is 11.5 Å². The van der Waals surface area contributed by atoms with Crippen molar-refractivity contribution in [3.05, 3.63) is 57.2 Å². The number of hydrogen-bond acceptors (Lipinski definition) is 5. The number of nitrogens with zero attached hydrogens (tertiary/aromatic N) is 1. The third-order valence-electron chi connectivity index (χ3n) is 3.72. The summed E-state index contributed by atoms with van der Waals surface area (Å²) < 4.78 is 1.62. The second-order valence-corrected chi connectivity index (χ2v) is 6.31. The second-order valence-electron chi connectivity index (χ2n) is 5.39. The van der Waals surface area contributed by atoms with Crippen molar-refractivity contribution in [3.63, 3.8) is 0 Å². The molecule has 2 heterocycles. The number of rotatable bonds is 4. The number of hydrogen-bond donors (Lipinski definition) is 3. The Morgan fingerprint density at radius 3 is 2.64 bits per heavy atom. The average molecular weight is 358 g/mol. The minimum atomic E-state index is -1.35. The van der Waals surface area contributed by atoms with Crippen molar-refractivity contribution in [2.45, 2.75) is 13.5 Å². The molecule has 0 aliphatic heterocycles. The van der Waals surface area contributed by atoms with Gasteiger partial charge in [0.05, 0.1) is 16.8 Å². The molecule has 3 N–H and O–H groups in total. The van der Waals surface area contributed by atoms with Crippen LogP contribution in [0.4, 0.5) is 5.69 Å². The number of carbonyl (C=O) groups excluding carboxylic acids is 1. The van der Waals surface area contributed by atoms with Crippen molar-refractivity contribution in [3.8, 4) is 5.75 Å². The average Bonchev–Trinajstić information content (AvgIpc) is 3.01. The summed E-state index contributed by atoms with van der Waals surface area (Å²) in [5.74, 6) is -2.39. The molecule has 1 amide bonds. The summed E-state index contributed by atoms with van der Waals surface area (Å²) in [6.45, 7) is 1.46. The van der Waals surface area contributed by atoms with E-state index < -0.39 is 17.3 Å². The molecule has 8 heteroatoms. The maximum atomic E-state index is 12.5. The summed E-state index contributed by atoms with van der Waals surface area (Å²) in [6.07, 6.45) is 0. The lowest BCUT2D eigenvalue weighted by Gasteiger charge is -2.14. The van der Waals surface area contributed by atoms with Gasteiger partial charge in [0, 0.05) is 12.6 Å². The van der Waals surface area contributed by atoms with E-state index in [1.54, 1.807) is 35.7 Å². The summed E-state index contributed by atoms with van der Waals surface area (Å²) in [5, 5.41) is 23.7. The van der Waals surface area contributed by atoms with Gasteiger partial charge in [0.25, 0.3) is 5.56 Å². The number of amides is 1. The van der Waals surface area contributed by atoms with Crippen LogP contribution in [-0.4, -0.2) is 26.7 Å². The SMILES string of the molecule is CC(=O)Nc1ccccc1Cn1c(=O)c(O)c(C(=O)O)c2sccc21. The Morgan fingerprint density at radius 2 is 1.96 bits per heavy atom. The van der Waals surface area contributed by atoms with Crippen molar-refractivity contribution in [2.75, 3.05) is 5.32 Å². The van der Waals surface area contributed by atoms with Crippen LogP contribution < -0.4 is 10.9 Å². The first kappa shape index (κ1) is 16.7. The Labute approximate surface area is 145 Å². The van der Waals surface area contributed by atoms with Gasteiger partial charge in [0.15, 0.2) is 5.75 Å². The molecule has 7 nitrogen and oxygen atoms in total. The monoisotopic (exact) mass is 358 g/mol. The van der Waals surface area contributed by atoms with Crippen molar-refractivity contribution < 1.29 is 19.8 Å². The molecule has 0 spiro atoms. The van der Waals surface area contributed by atoms with E-state index in [4.69, 9.17) is 0 Å². The number of pyridine rings is 1. The highest BCUT2D eigenvalue weighted by Crippen LogP contribution is 2.29. The summed E-state index contributed by atoms with van der Waals surface area (Å²) >= 11 is 1.13.